The maximum atomic E-state index is 13.4. The van der Waals surface area contributed by atoms with Crippen molar-refractivity contribution in [1.29, 1.82) is 0 Å². The van der Waals surface area contributed by atoms with Gasteiger partial charge in [-0.25, -0.2) is 4.79 Å². The molecule has 2 heterocycles. The first kappa shape index (κ1) is 34.6. The number of aryl methyl sites for hydroxylation is 1. The fraction of sp³-hybridized carbons (Fsp3) is 0.371. The largest absolute Gasteiger partial charge is 0.507 e. The smallest absolute Gasteiger partial charge is 0.335 e. The highest BCUT2D eigenvalue weighted by atomic mass is 16.7. The predicted molar refractivity (Wildman–Crippen MR) is 170 cm³/mol. The average molecular weight is 694 g/mol. The van der Waals surface area contributed by atoms with Gasteiger partial charge in [0.15, 0.2) is 17.5 Å². The Labute approximate surface area is 284 Å². The quantitative estimate of drug-likeness (QED) is 0.110. The van der Waals surface area contributed by atoms with E-state index in [1.54, 1.807) is 36.4 Å². The Hall–Kier alpha value is -5.22. The summed E-state index contributed by atoms with van der Waals surface area (Å²) in [7, 11) is 0. The molecular formula is C35H35NO14. The molecule has 1 saturated carbocycles. The second kappa shape index (κ2) is 14.7. The first-order chi connectivity index (χ1) is 24.0. The number of carboxylic acid groups (broad SMARTS) is 2. The van der Waals surface area contributed by atoms with Crippen LogP contribution in [-0.4, -0.2) is 90.3 Å². The van der Waals surface area contributed by atoms with Gasteiger partial charge in [-0.3, -0.25) is 9.59 Å². The molecule has 264 valence electrons. The van der Waals surface area contributed by atoms with Crippen LogP contribution in [0.2, 0.25) is 0 Å². The molecule has 15 heteroatoms. The molecule has 15 nitrogen and oxygen atoms in total. The van der Waals surface area contributed by atoms with Gasteiger partial charge in [-0.2, -0.15) is 0 Å². The minimum absolute atomic E-state index is 0.00172. The number of rotatable bonds is 13. The van der Waals surface area contributed by atoms with Crippen molar-refractivity contribution in [2.24, 2.45) is 0 Å². The van der Waals surface area contributed by atoms with E-state index in [9.17, 15) is 45.0 Å². The van der Waals surface area contributed by atoms with Gasteiger partial charge >= 0.3 is 11.9 Å². The molecule has 0 radical (unpaired) electrons. The maximum absolute atomic E-state index is 13.4. The van der Waals surface area contributed by atoms with Crippen molar-refractivity contribution < 1.29 is 68.5 Å². The molecule has 3 aromatic carbocycles. The van der Waals surface area contributed by atoms with Crippen molar-refractivity contribution in [2.75, 3.05) is 0 Å². The molecule has 0 spiro atoms. The van der Waals surface area contributed by atoms with E-state index in [4.69, 9.17) is 23.5 Å². The van der Waals surface area contributed by atoms with Gasteiger partial charge in [-0.15, -0.1) is 0 Å². The summed E-state index contributed by atoms with van der Waals surface area (Å²) < 4.78 is 27.9. The van der Waals surface area contributed by atoms with Crippen molar-refractivity contribution >= 4 is 28.7 Å². The van der Waals surface area contributed by atoms with Crippen molar-refractivity contribution in [1.82, 2.24) is 5.16 Å². The molecule has 1 aromatic heterocycles. The van der Waals surface area contributed by atoms with Gasteiger partial charge in [-0.1, -0.05) is 6.07 Å². The Kier molecular flexibility index (Phi) is 10.2. The Morgan fingerprint density at radius 2 is 1.66 bits per heavy atom. The summed E-state index contributed by atoms with van der Waals surface area (Å²) in [5.74, 6) is -2.62. The summed E-state index contributed by atoms with van der Waals surface area (Å²) in [5.41, 5.74) is 1.61. The van der Waals surface area contributed by atoms with E-state index in [1.165, 1.54) is 18.2 Å². The van der Waals surface area contributed by atoms with Gasteiger partial charge < -0.3 is 54.1 Å². The van der Waals surface area contributed by atoms with Crippen molar-refractivity contribution in [3.8, 4) is 23.1 Å². The zero-order valence-electron chi connectivity index (χ0n) is 26.5. The van der Waals surface area contributed by atoms with E-state index in [0.29, 0.717) is 28.0 Å². The number of aromatic hydroxyl groups is 1. The third kappa shape index (κ3) is 7.50. The van der Waals surface area contributed by atoms with Crippen LogP contribution < -0.4 is 14.2 Å². The molecule has 2 aliphatic rings. The Balaban J connectivity index is 1.15. The van der Waals surface area contributed by atoms with Crippen molar-refractivity contribution in [2.45, 2.75) is 81.9 Å². The molecular weight excluding hydrogens is 658 g/mol. The molecule has 6 N–H and O–H groups in total. The highest BCUT2D eigenvalue weighted by Gasteiger charge is 2.48. The number of aliphatic hydroxyl groups is 3. The second-order valence-electron chi connectivity index (χ2n) is 12.2. The summed E-state index contributed by atoms with van der Waals surface area (Å²) in [6.07, 6.45) is -5.06. The molecule has 5 atom stereocenters. The molecule has 1 aliphatic heterocycles. The lowest BCUT2D eigenvalue weighted by Crippen LogP contribution is -2.61. The second-order valence-corrected chi connectivity index (χ2v) is 12.2. The number of aliphatic carboxylic acids is 2. The Morgan fingerprint density at radius 1 is 0.880 bits per heavy atom. The number of aliphatic hydroxyl groups excluding tert-OH is 3. The van der Waals surface area contributed by atoms with Crippen LogP contribution in [-0.2, 0) is 27.4 Å². The van der Waals surface area contributed by atoms with Crippen LogP contribution >= 0.6 is 0 Å². The molecule has 0 unspecified atom stereocenters. The van der Waals surface area contributed by atoms with Crippen molar-refractivity contribution in [3.63, 3.8) is 0 Å². The first-order valence-corrected chi connectivity index (χ1v) is 16.0. The highest BCUT2D eigenvalue weighted by molar-refractivity contribution is 6.11. The Morgan fingerprint density at radius 3 is 2.38 bits per heavy atom. The van der Waals surface area contributed by atoms with E-state index in [2.05, 4.69) is 5.16 Å². The maximum Gasteiger partial charge on any atom is 0.335 e. The lowest BCUT2D eigenvalue weighted by Gasteiger charge is -2.37. The normalized spacial score (nSPS) is 22.3. The van der Waals surface area contributed by atoms with Crippen LogP contribution in [0.5, 0.6) is 23.1 Å². The number of carboxylic acids is 2. The number of fused-ring (bicyclic) bond motifs is 1. The number of hydrogen-bond donors (Lipinski definition) is 6. The number of nitrogens with zero attached hydrogens (tertiary/aromatic N) is 1. The number of hydrogen-bond acceptors (Lipinski definition) is 13. The van der Waals surface area contributed by atoms with Crippen LogP contribution in [0.3, 0.4) is 0 Å². The summed E-state index contributed by atoms with van der Waals surface area (Å²) in [6.45, 7) is -0.00172. The SMILES string of the molecule is O=C(O)CCc1cc(C(=O)c2ccc(OC3CCCC3)cc2O)ccc1OCc1ccc2c(O[C@@H]3O[C@H](C(=O)O)[C@@H](O)[C@H](O)[C@H]3O)noc2c1. The topological polar surface area (TPSA) is 236 Å². The number of ether oxygens (including phenoxy) is 4. The van der Waals surface area contributed by atoms with Gasteiger partial charge in [0.05, 0.1) is 17.1 Å². The molecule has 0 amide bonds. The highest BCUT2D eigenvalue weighted by Crippen LogP contribution is 2.33. The first-order valence-electron chi connectivity index (χ1n) is 16.0. The number of carbonyl (C=O) groups is 3. The standard InChI is InChI=1S/C35H35NO14/c37-24-15-21(47-20-3-1-2-4-20)8-10-22(24)28(40)19-6-11-25(18(14-19)7-12-27(38)39)46-16-17-5-9-23-26(13-17)50-36-33(23)49-35-31(43)29(41)30(42)32(48-35)34(44)45/h5-6,8-11,13-15,20,29-32,35,37,41-43H,1-4,7,12,16H2,(H,38,39)(H,44,45)/t29-,30-,31+,32-,35-/m0/s1. The van der Waals surface area contributed by atoms with Gasteiger partial charge in [0.1, 0.15) is 42.2 Å². The molecule has 6 rings (SSSR count). The zero-order valence-corrected chi connectivity index (χ0v) is 26.5. The lowest BCUT2D eigenvalue weighted by molar-refractivity contribution is -0.271. The Bertz CT molecular complexity index is 1880. The number of benzene rings is 3. The minimum atomic E-state index is -1.88. The van der Waals surface area contributed by atoms with Crippen LogP contribution in [0.25, 0.3) is 11.0 Å². The molecule has 1 aliphatic carbocycles. The molecule has 50 heavy (non-hydrogen) atoms. The predicted octanol–water partition coefficient (Wildman–Crippen LogP) is 2.95. The van der Waals surface area contributed by atoms with E-state index in [-0.39, 0.29) is 53.9 Å². The molecule has 0 bridgehead atoms. The van der Waals surface area contributed by atoms with Crippen LogP contribution in [0.1, 0.15) is 59.2 Å². The molecule has 1 saturated heterocycles. The molecule has 4 aromatic rings. The summed E-state index contributed by atoms with van der Waals surface area (Å²) >= 11 is 0. The summed E-state index contributed by atoms with van der Waals surface area (Å²) in [4.78, 5) is 36.2. The third-order valence-electron chi connectivity index (χ3n) is 8.69. The number of aromatic nitrogens is 1. The number of phenols is 1. The van der Waals surface area contributed by atoms with Crippen LogP contribution in [0, 0.1) is 0 Å². The van der Waals surface area contributed by atoms with E-state index < -0.39 is 48.4 Å². The fourth-order valence-electron chi connectivity index (χ4n) is 5.98. The number of phenolic OH excluding ortho intramolecular Hbond substituents is 1. The van der Waals surface area contributed by atoms with Gasteiger partial charge in [0, 0.05) is 18.1 Å². The molecule has 2 fully saturated rings. The number of carbonyl (C=O) groups excluding carboxylic acids is 1. The van der Waals surface area contributed by atoms with E-state index in [0.717, 1.165) is 25.7 Å². The third-order valence-corrected chi connectivity index (χ3v) is 8.69. The summed E-state index contributed by atoms with van der Waals surface area (Å²) in [6, 6.07) is 14.0. The van der Waals surface area contributed by atoms with E-state index >= 15 is 0 Å². The summed E-state index contributed by atoms with van der Waals surface area (Å²) in [5, 5.41) is 63.6. The van der Waals surface area contributed by atoms with Gasteiger partial charge in [0.2, 0.25) is 6.29 Å². The minimum Gasteiger partial charge on any atom is -0.507 e. The van der Waals surface area contributed by atoms with Gasteiger partial charge in [-0.05, 0) is 90.9 Å². The van der Waals surface area contributed by atoms with Crippen molar-refractivity contribution in [3.05, 3.63) is 76.9 Å². The lowest BCUT2D eigenvalue weighted by atomic mass is 9.98. The average Bonchev–Trinajstić information content (AvgIpc) is 3.76. The zero-order chi connectivity index (χ0) is 35.5. The van der Waals surface area contributed by atoms with Crippen LogP contribution in [0.15, 0.2) is 59.1 Å². The van der Waals surface area contributed by atoms with Gasteiger partial charge in [0.25, 0.3) is 5.88 Å². The number of ketones is 1. The van der Waals surface area contributed by atoms with E-state index in [1.807, 2.05) is 0 Å². The van der Waals surface area contributed by atoms with Crippen LogP contribution in [0.4, 0.5) is 0 Å². The monoisotopic (exact) mass is 693 g/mol. The fourth-order valence-corrected chi connectivity index (χ4v) is 5.98.